The van der Waals surface area contributed by atoms with E-state index in [1.165, 1.54) is 29.4 Å². The van der Waals surface area contributed by atoms with Gasteiger partial charge in [0.05, 0.1) is 6.54 Å². The molecule has 0 heterocycles. The first-order chi connectivity index (χ1) is 16.4. The van der Waals surface area contributed by atoms with Gasteiger partial charge in [-0.05, 0) is 41.0 Å². The van der Waals surface area contributed by atoms with Crippen LogP contribution in [-0.2, 0) is 19.1 Å². The number of hydrogen-bond acceptors (Lipinski definition) is 5. The second-order valence-corrected chi connectivity index (χ2v) is 8.55. The minimum absolute atomic E-state index is 0.0226. The number of amides is 2. The van der Waals surface area contributed by atoms with Crippen LogP contribution in [-0.4, -0.2) is 56.0 Å². The normalized spacial score (nSPS) is 13.9. The molecule has 0 spiro atoms. The lowest BCUT2D eigenvalue weighted by atomic mass is 9.98. The van der Waals surface area contributed by atoms with E-state index in [4.69, 9.17) is 14.6 Å². The summed E-state index contributed by atoms with van der Waals surface area (Å²) in [5, 5.41) is 14.3. The van der Waals surface area contributed by atoms with Crippen molar-refractivity contribution < 1.29 is 29.0 Å². The van der Waals surface area contributed by atoms with Gasteiger partial charge in [0.15, 0.2) is 6.10 Å². The van der Waals surface area contributed by atoms with Crippen LogP contribution in [0.5, 0.6) is 0 Å². The van der Waals surface area contributed by atoms with Crippen LogP contribution >= 0.6 is 0 Å². The van der Waals surface area contributed by atoms with Gasteiger partial charge >= 0.3 is 12.1 Å². The number of aliphatic carboxylic acids is 1. The van der Waals surface area contributed by atoms with Gasteiger partial charge in [0.25, 0.3) is 0 Å². The average Bonchev–Trinajstić information content (AvgIpc) is 3.15. The smallest absolute Gasteiger partial charge is 0.407 e. The highest BCUT2D eigenvalue weighted by molar-refractivity contribution is 5.79. The summed E-state index contributed by atoms with van der Waals surface area (Å²) < 4.78 is 10.3. The number of carboxylic acid groups (broad SMARTS) is 1. The van der Waals surface area contributed by atoms with Gasteiger partial charge in [0.1, 0.15) is 6.61 Å². The number of rotatable bonds is 12. The monoisotopic (exact) mass is 468 g/mol. The molecule has 8 heteroatoms. The SMILES string of the molecule is COC(CNC(=O)CCC(C)CCNC(=O)OCC1c2ccccc2-c2ccccc21)C(=O)O. The number of carbonyl (C=O) groups excluding carboxylic acids is 2. The Hall–Kier alpha value is -3.39. The van der Waals surface area contributed by atoms with Gasteiger partial charge < -0.3 is 25.2 Å². The number of nitrogens with one attached hydrogen (secondary N) is 2. The third-order valence-electron chi connectivity index (χ3n) is 6.16. The topological polar surface area (TPSA) is 114 Å². The van der Waals surface area contributed by atoms with Gasteiger partial charge in [-0.1, -0.05) is 55.5 Å². The fourth-order valence-corrected chi connectivity index (χ4v) is 4.16. The van der Waals surface area contributed by atoms with Crippen molar-refractivity contribution >= 4 is 18.0 Å². The summed E-state index contributed by atoms with van der Waals surface area (Å²) in [6.45, 7) is 2.66. The Morgan fingerprint density at radius 1 is 0.971 bits per heavy atom. The van der Waals surface area contributed by atoms with Gasteiger partial charge in [-0.25, -0.2) is 9.59 Å². The summed E-state index contributed by atoms with van der Waals surface area (Å²) in [6.07, 6.45) is 0.104. The summed E-state index contributed by atoms with van der Waals surface area (Å²) in [7, 11) is 1.29. The molecule has 0 aliphatic heterocycles. The van der Waals surface area contributed by atoms with E-state index in [0.717, 1.165) is 0 Å². The Kier molecular flexibility index (Phi) is 9.04. The zero-order valence-corrected chi connectivity index (χ0v) is 19.6. The fraction of sp³-hybridized carbons (Fsp3) is 0.423. The highest BCUT2D eigenvalue weighted by atomic mass is 16.5. The lowest BCUT2D eigenvalue weighted by molar-refractivity contribution is -0.148. The first-order valence-electron chi connectivity index (χ1n) is 11.5. The number of alkyl carbamates (subject to hydrolysis) is 1. The number of carboxylic acids is 1. The maximum absolute atomic E-state index is 12.2. The van der Waals surface area contributed by atoms with Crippen LogP contribution in [0.2, 0.25) is 0 Å². The summed E-state index contributed by atoms with van der Waals surface area (Å²) >= 11 is 0. The van der Waals surface area contributed by atoms with Crippen molar-refractivity contribution in [2.24, 2.45) is 5.92 Å². The quantitative estimate of drug-likeness (QED) is 0.439. The van der Waals surface area contributed by atoms with Crippen LogP contribution in [0.25, 0.3) is 11.1 Å². The van der Waals surface area contributed by atoms with Crippen molar-refractivity contribution in [1.29, 1.82) is 0 Å². The van der Waals surface area contributed by atoms with E-state index in [1.54, 1.807) is 0 Å². The Labute approximate surface area is 199 Å². The number of fused-ring (bicyclic) bond motifs is 3. The molecule has 2 aromatic carbocycles. The molecule has 2 aromatic rings. The van der Waals surface area contributed by atoms with E-state index in [2.05, 4.69) is 34.9 Å². The van der Waals surface area contributed by atoms with Crippen LogP contribution in [0.3, 0.4) is 0 Å². The number of benzene rings is 2. The predicted octanol–water partition coefficient (Wildman–Crippen LogP) is 3.55. The summed E-state index contributed by atoms with van der Waals surface area (Å²) in [5.41, 5.74) is 4.71. The third kappa shape index (κ3) is 6.57. The number of methoxy groups -OCH3 is 1. The summed E-state index contributed by atoms with van der Waals surface area (Å²) in [5.74, 6) is -1.11. The minimum Gasteiger partial charge on any atom is -0.479 e. The Morgan fingerprint density at radius 2 is 1.59 bits per heavy atom. The summed E-state index contributed by atoms with van der Waals surface area (Å²) in [6, 6.07) is 16.4. The van der Waals surface area contributed by atoms with E-state index in [0.29, 0.717) is 19.4 Å². The molecule has 3 N–H and O–H groups in total. The molecule has 34 heavy (non-hydrogen) atoms. The lowest BCUT2D eigenvalue weighted by Crippen LogP contribution is -2.37. The van der Waals surface area contributed by atoms with Gasteiger partial charge in [0.2, 0.25) is 5.91 Å². The second-order valence-electron chi connectivity index (χ2n) is 8.55. The number of carbonyl (C=O) groups is 3. The zero-order valence-electron chi connectivity index (χ0n) is 19.6. The zero-order chi connectivity index (χ0) is 24.5. The molecular formula is C26H32N2O6. The molecule has 1 aliphatic carbocycles. The molecule has 0 aromatic heterocycles. The van der Waals surface area contributed by atoms with Crippen LogP contribution in [0.4, 0.5) is 4.79 Å². The first-order valence-corrected chi connectivity index (χ1v) is 11.5. The second kappa shape index (κ2) is 12.2. The van der Waals surface area contributed by atoms with Crippen LogP contribution in [0.15, 0.2) is 48.5 Å². The minimum atomic E-state index is -1.12. The molecule has 182 valence electrons. The van der Waals surface area contributed by atoms with Crippen LogP contribution in [0.1, 0.15) is 43.2 Å². The van der Waals surface area contributed by atoms with Crippen molar-refractivity contribution in [3.8, 4) is 11.1 Å². The Balaban J connectivity index is 1.35. The van der Waals surface area contributed by atoms with Gasteiger partial charge in [-0.2, -0.15) is 0 Å². The molecule has 1 aliphatic rings. The maximum Gasteiger partial charge on any atom is 0.407 e. The molecule has 2 atom stereocenters. The summed E-state index contributed by atoms with van der Waals surface area (Å²) in [4.78, 5) is 35.0. The Bertz CT molecular complexity index is 963. The fourth-order valence-electron chi connectivity index (χ4n) is 4.16. The van der Waals surface area contributed by atoms with Crippen molar-refractivity contribution in [3.63, 3.8) is 0 Å². The number of hydrogen-bond donors (Lipinski definition) is 3. The molecule has 8 nitrogen and oxygen atoms in total. The molecule has 0 radical (unpaired) electrons. The van der Waals surface area contributed by atoms with E-state index < -0.39 is 18.2 Å². The standard InChI is InChI=1S/C26H32N2O6/c1-17(11-12-24(29)28-15-23(33-2)25(30)31)13-14-27-26(32)34-16-22-20-9-5-3-7-18(20)19-8-4-6-10-21(19)22/h3-10,17,22-23H,11-16H2,1-2H3,(H,27,32)(H,28,29)(H,30,31). The van der Waals surface area contributed by atoms with Crippen LogP contribution < -0.4 is 10.6 Å². The molecule has 0 bridgehead atoms. The van der Waals surface area contributed by atoms with E-state index in [1.807, 2.05) is 31.2 Å². The molecule has 0 saturated carbocycles. The Morgan fingerprint density at radius 3 is 2.18 bits per heavy atom. The molecule has 2 unspecified atom stereocenters. The van der Waals surface area contributed by atoms with Gasteiger partial charge in [-0.3, -0.25) is 4.79 Å². The maximum atomic E-state index is 12.2. The van der Waals surface area contributed by atoms with Crippen molar-refractivity contribution in [3.05, 3.63) is 59.7 Å². The van der Waals surface area contributed by atoms with Crippen LogP contribution in [0, 0.1) is 5.92 Å². The number of ether oxygens (including phenoxy) is 2. The third-order valence-corrected chi connectivity index (χ3v) is 6.16. The molecule has 2 amide bonds. The molecule has 0 saturated heterocycles. The van der Waals surface area contributed by atoms with E-state index in [9.17, 15) is 14.4 Å². The lowest BCUT2D eigenvalue weighted by Gasteiger charge is -2.16. The molecule has 3 rings (SSSR count). The van der Waals surface area contributed by atoms with Crippen molar-refractivity contribution in [1.82, 2.24) is 10.6 Å². The molecule has 0 fully saturated rings. The largest absolute Gasteiger partial charge is 0.479 e. The average molecular weight is 469 g/mol. The van der Waals surface area contributed by atoms with E-state index in [-0.39, 0.29) is 37.3 Å². The van der Waals surface area contributed by atoms with Crippen molar-refractivity contribution in [2.75, 3.05) is 26.8 Å². The van der Waals surface area contributed by atoms with Gasteiger partial charge in [0, 0.05) is 26.0 Å². The highest BCUT2D eigenvalue weighted by Crippen LogP contribution is 2.44. The van der Waals surface area contributed by atoms with Gasteiger partial charge in [-0.15, -0.1) is 0 Å². The first kappa shape index (κ1) is 25.2. The predicted molar refractivity (Wildman–Crippen MR) is 128 cm³/mol. The van der Waals surface area contributed by atoms with Crippen molar-refractivity contribution in [2.45, 2.75) is 38.2 Å². The highest BCUT2D eigenvalue weighted by Gasteiger charge is 2.29. The van der Waals surface area contributed by atoms with E-state index >= 15 is 0 Å². The molecular weight excluding hydrogens is 436 g/mol.